The number of aliphatic hydroxyl groups is 1. The van der Waals surface area contributed by atoms with Gasteiger partial charge in [0, 0.05) is 12.1 Å². The molecule has 0 bridgehead atoms. The van der Waals surface area contributed by atoms with Gasteiger partial charge in [0.1, 0.15) is 11.5 Å². The highest BCUT2D eigenvalue weighted by atomic mass is 35.5. The summed E-state index contributed by atoms with van der Waals surface area (Å²) in [5.74, 6) is 5.17. The van der Waals surface area contributed by atoms with Crippen LogP contribution in [0, 0.1) is 17.3 Å². The van der Waals surface area contributed by atoms with Gasteiger partial charge in [-0.15, -0.1) is 0 Å². The van der Waals surface area contributed by atoms with E-state index < -0.39 is 10.0 Å². The van der Waals surface area contributed by atoms with Crippen LogP contribution in [0.1, 0.15) is 25.3 Å². The van der Waals surface area contributed by atoms with Gasteiger partial charge in [-0.2, -0.15) is 0 Å². The zero-order chi connectivity index (χ0) is 14.8. The highest BCUT2D eigenvalue weighted by molar-refractivity contribution is 7.89. The van der Waals surface area contributed by atoms with E-state index in [0.717, 1.165) is 12.8 Å². The Labute approximate surface area is 124 Å². The highest BCUT2D eigenvalue weighted by Crippen LogP contribution is 2.44. The van der Waals surface area contributed by atoms with Gasteiger partial charge in [-0.1, -0.05) is 30.4 Å². The maximum absolute atomic E-state index is 12.2. The number of rotatable bonds is 4. The molecule has 2 N–H and O–H groups in total. The first-order chi connectivity index (χ1) is 9.36. The number of nitrogens with one attached hydrogen (secondary N) is 1. The molecule has 1 aromatic rings. The van der Waals surface area contributed by atoms with Gasteiger partial charge in [-0.05, 0) is 36.5 Å². The minimum absolute atomic E-state index is 0.0537. The third kappa shape index (κ3) is 3.74. The zero-order valence-electron chi connectivity index (χ0n) is 11.1. The van der Waals surface area contributed by atoms with Crippen LogP contribution >= 0.6 is 11.6 Å². The predicted molar refractivity (Wildman–Crippen MR) is 77.9 cm³/mol. The van der Waals surface area contributed by atoms with E-state index in [1.54, 1.807) is 6.07 Å². The molecule has 0 aromatic heterocycles. The fraction of sp³-hybridized carbons (Fsp3) is 0.429. The molecule has 20 heavy (non-hydrogen) atoms. The molecule has 0 saturated heterocycles. The minimum atomic E-state index is -3.60. The molecule has 0 atom stereocenters. The van der Waals surface area contributed by atoms with E-state index in [9.17, 15) is 8.42 Å². The zero-order valence-corrected chi connectivity index (χ0v) is 12.7. The highest BCUT2D eigenvalue weighted by Gasteiger charge is 2.38. The lowest BCUT2D eigenvalue weighted by Crippen LogP contribution is -2.29. The van der Waals surface area contributed by atoms with Crippen LogP contribution in [0.2, 0.25) is 5.02 Å². The van der Waals surface area contributed by atoms with Crippen molar-refractivity contribution in [3.05, 3.63) is 28.8 Å². The lowest BCUT2D eigenvalue weighted by molar-refractivity contribution is 0.350. The molecule has 0 spiro atoms. The molecule has 0 heterocycles. The number of hydrogen-bond donors (Lipinski definition) is 2. The lowest BCUT2D eigenvalue weighted by Gasteiger charge is -2.12. The molecule has 1 aromatic carbocycles. The third-order valence-electron chi connectivity index (χ3n) is 3.33. The summed E-state index contributed by atoms with van der Waals surface area (Å²) in [5.41, 5.74) is 0.656. The second-order valence-electron chi connectivity index (χ2n) is 5.24. The Hall–Kier alpha value is -1.06. The van der Waals surface area contributed by atoms with E-state index in [1.807, 2.05) is 6.92 Å². The topological polar surface area (TPSA) is 66.4 Å². The van der Waals surface area contributed by atoms with Crippen molar-refractivity contribution in [3.8, 4) is 11.8 Å². The van der Waals surface area contributed by atoms with Crippen molar-refractivity contribution in [2.24, 2.45) is 5.41 Å². The summed E-state index contributed by atoms with van der Waals surface area (Å²) in [4.78, 5) is 0.0537. The van der Waals surface area contributed by atoms with E-state index in [2.05, 4.69) is 16.6 Å². The van der Waals surface area contributed by atoms with E-state index in [0.29, 0.717) is 12.1 Å². The van der Waals surface area contributed by atoms with Crippen LogP contribution in [0.5, 0.6) is 0 Å². The molecule has 0 aliphatic heterocycles. The van der Waals surface area contributed by atoms with Crippen LogP contribution in [-0.4, -0.2) is 26.7 Å². The lowest BCUT2D eigenvalue weighted by atomic mass is 10.2. The number of aliphatic hydroxyl groups excluding tert-OH is 1. The molecule has 6 heteroatoms. The summed E-state index contributed by atoms with van der Waals surface area (Å²) >= 11 is 6.01. The SMILES string of the molecule is CC1(CNS(=O)(=O)c2ccc(C#CCO)cc2Cl)CC1. The number of halogens is 1. The average molecular weight is 314 g/mol. The predicted octanol–water partition coefficient (Wildman–Crippen LogP) is 1.76. The first-order valence-electron chi connectivity index (χ1n) is 6.25. The molecular weight excluding hydrogens is 298 g/mol. The second-order valence-corrected chi connectivity index (χ2v) is 7.38. The van der Waals surface area contributed by atoms with Gasteiger partial charge in [-0.25, -0.2) is 13.1 Å². The van der Waals surface area contributed by atoms with Crippen molar-refractivity contribution in [2.45, 2.75) is 24.7 Å². The minimum Gasteiger partial charge on any atom is -0.384 e. The first-order valence-corrected chi connectivity index (χ1v) is 8.11. The van der Waals surface area contributed by atoms with Gasteiger partial charge in [0.2, 0.25) is 10.0 Å². The summed E-state index contributed by atoms with van der Waals surface area (Å²) in [6.07, 6.45) is 2.08. The summed E-state index contributed by atoms with van der Waals surface area (Å²) in [6.45, 7) is 2.22. The molecule has 0 unspecified atom stereocenters. The van der Waals surface area contributed by atoms with Crippen molar-refractivity contribution < 1.29 is 13.5 Å². The van der Waals surface area contributed by atoms with Gasteiger partial charge in [-0.3, -0.25) is 0 Å². The average Bonchev–Trinajstić information content (AvgIpc) is 3.13. The Morgan fingerprint density at radius 1 is 1.45 bits per heavy atom. The van der Waals surface area contributed by atoms with Crippen LogP contribution in [0.15, 0.2) is 23.1 Å². The second kappa shape index (κ2) is 5.74. The van der Waals surface area contributed by atoms with Crippen molar-refractivity contribution in [1.29, 1.82) is 0 Å². The Kier molecular flexibility index (Phi) is 4.40. The molecule has 0 amide bonds. The van der Waals surface area contributed by atoms with Crippen molar-refractivity contribution >= 4 is 21.6 Å². The number of benzene rings is 1. The molecule has 1 fully saturated rings. The summed E-state index contributed by atoms with van der Waals surface area (Å²) in [5, 5.41) is 8.75. The summed E-state index contributed by atoms with van der Waals surface area (Å²) in [6, 6.07) is 4.49. The Morgan fingerprint density at radius 3 is 2.70 bits per heavy atom. The molecule has 1 aliphatic carbocycles. The smallest absolute Gasteiger partial charge is 0.242 e. The van der Waals surface area contributed by atoms with Gasteiger partial charge in [0.25, 0.3) is 0 Å². The van der Waals surface area contributed by atoms with E-state index >= 15 is 0 Å². The van der Waals surface area contributed by atoms with Crippen LogP contribution in [0.4, 0.5) is 0 Å². The van der Waals surface area contributed by atoms with Crippen molar-refractivity contribution in [2.75, 3.05) is 13.2 Å². The Bertz CT molecular complexity index is 669. The van der Waals surface area contributed by atoms with Gasteiger partial charge in [0.15, 0.2) is 0 Å². The quantitative estimate of drug-likeness (QED) is 0.832. The fourth-order valence-electron chi connectivity index (χ4n) is 1.68. The maximum Gasteiger partial charge on any atom is 0.242 e. The van der Waals surface area contributed by atoms with E-state index in [4.69, 9.17) is 16.7 Å². The van der Waals surface area contributed by atoms with Gasteiger partial charge in [0.05, 0.1) is 5.02 Å². The molecule has 108 valence electrons. The standard InChI is InChI=1S/C14H16ClNO3S/c1-14(6-7-14)10-16-20(18,19)13-5-4-11(3-2-8-17)9-12(13)15/h4-5,9,16-17H,6-8,10H2,1H3. The van der Waals surface area contributed by atoms with Gasteiger partial charge >= 0.3 is 0 Å². The molecular formula is C14H16ClNO3S. The van der Waals surface area contributed by atoms with Gasteiger partial charge < -0.3 is 5.11 Å². The molecule has 4 nitrogen and oxygen atoms in total. The first kappa shape index (κ1) is 15.3. The largest absolute Gasteiger partial charge is 0.384 e. The Morgan fingerprint density at radius 2 is 2.15 bits per heavy atom. The Balaban J connectivity index is 2.18. The van der Waals surface area contributed by atoms with Crippen LogP contribution in [0.25, 0.3) is 0 Å². The monoisotopic (exact) mass is 313 g/mol. The number of sulfonamides is 1. The maximum atomic E-state index is 12.2. The number of hydrogen-bond acceptors (Lipinski definition) is 3. The summed E-state index contributed by atoms with van der Waals surface area (Å²) < 4.78 is 27.0. The van der Waals surface area contributed by atoms with Crippen LogP contribution in [0.3, 0.4) is 0 Å². The van der Waals surface area contributed by atoms with E-state index in [-0.39, 0.29) is 21.9 Å². The molecule has 0 radical (unpaired) electrons. The fourth-order valence-corrected chi connectivity index (χ4v) is 3.42. The molecule has 1 aliphatic rings. The van der Waals surface area contributed by atoms with Crippen molar-refractivity contribution in [1.82, 2.24) is 4.72 Å². The summed E-state index contributed by atoms with van der Waals surface area (Å²) in [7, 11) is -3.60. The van der Waals surface area contributed by atoms with E-state index in [1.165, 1.54) is 12.1 Å². The third-order valence-corrected chi connectivity index (χ3v) is 5.21. The van der Waals surface area contributed by atoms with Crippen LogP contribution < -0.4 is 4.72 Å². The van der Waals surface area contributed by atoms with Crippen molar-refractivity contribution in [3.63, 3.8) is 0 Å². The normalized spacial score (nSPS) is 16.4. The molecule has 1 saturated carbocycles. The van der Waals surface area contributed by atoms with Crippen LogP contribution in [-0.2, 0) is 10.0 Å². The molecule has 2 rings (SSSR count).